The molecule has 6 rings (SSSR count). The second-order valence-corrected chi connectivity index (χ2v) is 20.0. The van der Waals surface area contributed by atoms with Crippen LogP contribution < -0.4 is 33.2 Å². The zero-order chi connectivity index (χ0) is 52.4. The van der Waals surface area contributed by atoms with Gasteiger partial charge in [0.15, 0.2) is 17.5 Å². The van der Waals surface area contributed by atoms with Crippen molar-refractivity contribution in [2.45, 2.75) is 182 Å². The van der Waals surface area contributed by atoms with Gasteiger partial charge in [0.25, 0.3) is 0 Å². The fourth-order valence-electron chi connectivity index (χ4n) is 8.06. The molecule has 0 amide bonds. The highest BCUT2D eigenvalue weighted by Gasteiger charge is 2.28. The molecule has 0 bridgehead atoms. The number of Topliss-reactive ketones (excluding diaryl/α,β-unsaturated/α-hetero) is 3. The Kier molecular flexibility index (Phi) is 21.5. The molecular weight excluding hydrogens is 918 g/mol. The van der Waals surface area contributed by atoms with Crippen LogP contribution in [0.5, 0.6) is 0 Å². The highest BCUT2D eigenvalue weighted by molar-refractivity contribution is 6.31. The average Bonchev–Trinajstić information content (AvgIpc) is 3.30. The van der Waals surface area contributed by atoms with Gasteiger partial charge in [0.05, 0.1) is 21.6 Å². The van der Waals surface area contributed by atoms with Crippen LogP contribution in [0.3, 0.4) is 0 Å². The van der Waals surface area contributed by atoms with Crippen LogP contribution in [0, 0.1) is 6.92 Å². The predicted octanol–water partition coefficient (Wildman–Crippen LogP) is 11.0. The summed E-state index contributed by atoms with van der Waals surface area (Å²) in [6.07, 6.45) is 18.2. The lowest BCUT2D eigenvalue weighted by molar-refractivity contribution is -0.118. The van der Waals surface area contributed by atoms with Crippen molar-refractivity contribution >= 4 is 97.3 Å². The first-order valence-electron chi connectivity index (χ1n) is 24.8. The minimum atomic E-state index is -0.267. The number of hydrogen-bond donors (Lipinski definition) is 6. The molecule has 71 heavy (non-hydrogen) atoms. The summed E-state index contributed by atoms with van der Waals surface area (Å²) in [6, 6.07) is 7.35. The topological polar surface area (TPSA) is 281 Å². The van der Waals surface area contributed by atoms with Crippen molar-refractivity contribution in [3.05, 3.63) is 53.4 Å². The quantitative estimate of drug-likeness (QED) is 0.0329. The second-order valence-electron chi connectivity index (χ2n) is 19.5. The van der Waals surface area contributed by atoms with Gasteiger partial charge in [0.1, 0.15) is 33.9 Å². The minimum Gasteiger partial charge on any atom is -0.368 e. The van der Waals surface area contributed by atoms with Crippen molar-refractivity contribution in [3.8, 4) is 0 Å². The van der Waals surface area contributed by atoms with E-state index in [2.05, 4.69) is 102 Å². The molecule has 0 aromatic carbocycles. The Balaban J connectivity index is 0.000000231. The second kappa shape index (κ2) is 26.7. The zero-order valence-electron chi connectivity index (χ0n) is 43.5. The number of carbonyl (C=O) groups is 3. The third-order valence-electron chi connectivity index (χ3n) is 12.3. The van der Waals surface area contributed by atoms with Crippen molar-refractivity contribution in [3.63, 3.8) is 0 Å². The number of aromatic nitrogens is 9. The monoisotopic (exact) mass is 994 g/mol. The summed E-state index contributed by atoms with van der Waals surface area (Å²) in [6.45, 7) is 19.7. The molecule has 19 heteroatoms. The lowest BCUT2D eigenvalue weighted by atomic mass is 9.89. The van der Waals surface area contributed by atoms with Crippen molar-refractivity contribution in [2.24, 2.45) is 0 Å². The van der Waals surface area contributed by atoms with E-state index in [4.69, 9.17) is 28.8 Å². The number of halogens is 1. The van der Waals surface area contributed by atoms with Gasteiger partial charge >= 0.3 is 0 Å². The van der Waals surface area contributed by atoms with E-state index in [0.717, 1.165) is 88.1 Å². The molecule has 384 valence electrons. The highest BCUT2D eigenvalue weighted by Crippen LogP contribution is 2.32. The molecule has 6 aromatic heterocycles. The van der Waals surface area contributed by atoms with Crippen molar-refractivity contribution < 1.29 is 14.4 Å². The van der Waals surface area contributed by atoms with E-state index in [0.29, 0.717) is 69.3 Å². The molecule has 0 fully saturated rings. The van der Waals surface area contributed by atoms with Gasteiger partial charge in [-0.25, -0.2) is 19.9 Å². The lowest BCUT2D eigenvalue weighted by Gasteiger charge is -2.31. The summed E-state index contributed by atoms with van der Waals surface area (Å²) in [5.41, 5.74) is 21.9. The number of ketones is 3. The fourth-order valence-corrected chi connectivity index (χ4v) is 8.21. The van der Waals surface area contributed by atoms with Crippen molar-refractivity contribution in [1.82, 2.24) is 44.9 Å². The fraction of sp³-hybridized carbons (Fsp3) is 0.538. The van der Waals surface area contributed by atoms with Crippen LogP contribution in [0.1, 0.15) is 164 Å². The normalized spacial score (nSPS) is 13.7. The number of hydrogen-bond acceptors (Lipinski definition) is 18. The summed E-state index contributed by atoms with van der Waals surface area (Å²) in [4.78, 5) is 73.1. The van der Waals surface area contributed by atoms with Crippen LogP contribution in [-0.2, 0) is 14.4 Å². The number of nitrogen functional groups attached to an aromatic ring is 3. The van der Waals surface area contributed by atoms with Gasteiger partial charge in [0, 0.05) is 54.5 Å². The summed E-state index contributed by atoms with van der Waals surface area (Å²) < 4.78 is 0. The van der Waals surface area contributed by atoms with E-state index >= 15 is 0 Å². The molecular formula is C52H76ClN15O3. The van der Waals surface area contributed by atoms with Crippen molar-refractivity contribution in [1.29, 1.82) is 0 Å². The standard InChI is InChI=1S/C18H27N5O.C17H24ClN5O.C17H25N5O/c1-5-6-8-18(4,9-7-13(3)24)23-16-15-14(21-17(19)22-16)10-12(2)11-20-15;1-4-5-7-17(3,8-6-11(2)24)23-15-14-13(21-16(19)22-15)9-12(18)10-20-14;1-4-5-9-17(3,10-8-12(2)23)22-15-14-13(7-6-11-19-14)20-16(18)21-15/h10-11H,5-9H2,1-4H3,(H3,19,21,22,23);9-10H,4-8H2,1-3H3,(H3,19,21,22,23);6-7,11H,4-5,8-10H2,1-3H3,(H3,18,20,21,22)/t18-;2*17-/m000/s1. The maximum atomic E-state index is 11.4. The third-order valence-corrected chi connectivity index (χ3v) is 12.5. The SMILES string of the molecule is CCCC[C@@](C)(CCC(C)=O)Nc1nc(N)nc2cc(C)cnc12.CCCC[C@@](C)(CCC(C)=O)Nc1nc(N)nc2cc(Cl)cnc12.CCCC[C@@](C)(CCC(C)=O)Nc1nc(N)nc2cccnc12. The number of nitrogens with one attached hydrogen (secondary N) is 3. The Bertz CT molecular complexity index is 2610. The Hall–Kier alpha value is -6.43. The molecule has 0 spiro atoms. The number of carbonyl (C=O) groups excluding carboxylic acids is 3. The molecule has 0 unspecified atom stereocenters. The molecule has 0 radical (unpaired) electrons. The van der Waals surface area contributed by atoms with Gasteiger partial charge < -0.3 is 47.5 Å². The Labute approximate surface area is 423 Å². The first kappa shape index (κ1) is 57.2. The molecule has 3 atom stereocenters. The maximum absolute atomic E-state index is 11.4. The first-order valence-corrected chi connectivity index (χ1v) is 25.2. The molecule has 0 aliphatic rings. The van der Waals surface area contributed by atoms with Crippen molar-refractivity contribution in [2.75, 3.05) is 33.2 Å². The number of anilines is 6. The van der Waals surface area contributed by atoms with Gasteiger partial charge in [-0.1, -0.05) is 70.9 Å². The van der Waals surface area contributed by atoms with Crippen LogP contribution in [0.25, 0.3) is 33.1 Å². The van der Waals surface area contributed by atoms with Gasteiger partial charge in [-0.05, 0) is 117 Å². The Morgan fingerprint density at radius 1 is 0.535 bits per heavy atom. The van der Waals surface area contributed by atoms with E-state index in [9.17, 15) is 14.4 Å². The molecule has 0 saturated carbocycles. The van der Waals surface area contributed by atoms with Gasteiger partial charge in [-0.3, -0.25) is 9.97 Å². The van der Waals surface area contributed by atoms with Crippen LogP contribution >= 0.6 is 11.6 Å². The summed E-state index contributed by atoms with van der Waals surface area (Å²) >= 11 is 5.99. The number of rotatable bonds is 24. The minimum absolute atomic E-state index is 0.165. The van der Waals surface area contributed by atoms with Gasteiger partial charge in [-0.15, -0.1) is 0 Å². The van der Waals surface area contributed by atoms with E-state index in [1.54, 1.807) is 45.4 Å². The molecule has 0 aliphatic heterocycles. The molecule has 6 heterocycles. The van der Waals surface area contributed by atoms with E-state index in [1.165, 1.54) is 0 Å². The average molecular weight is 995 g/mol. The number of nitrogens with zero attached hydrogens (tertiary/aromatic N) is 9. The van der Waals surface area contributed by atoms with Crippen LogP contribution in [0.4, 0.5) is 35.3 Å². The van der Waals surface area contributed by atoms with E-state index < -0.39 is 0 Å². The summed E-state index contributed by atoms with van der Waals surface area (Å²) in [7, 11) is 0. The number of aryl methyl sites for hydroxylation is 1. The molecule has 9 N–H and O–H groups in total. The summed E-state index contributed by atoms with van der Waals surface area (Å²) in [5.74, 6) is 3.03. The number of nitrogens with two attached hydrogens (primary N) is 3. The highest BCUT2D eigenvalue weighted by atomic mass is 35.5. The lowest BCUT2D eigenvalue weighted by Crippen LogP contribution is -2.36. The van der Waals surface area contributed by atoms with Crippen LogP contribution in [-0.4, -0.2) is 78.8 Å². The smallest absolute Gasteiger partial charge is 0.222 e. The molecule has 0 aliphatic carbocycles. The Morgan fingerprint density at radius 2 is 0.901 bits per heavy atom. The number of pyridine rings is 3. The molecule has 6 aromatic rings. The van der Waals surface area contributed by atoms with Crippen LogP contribution in [0.15, 0.2) is 42.9 Å². The Morgan fingerprint density at radius 3 is 1.30 bits per heavy atom. The largest absolute Gasteiger partial charge is 0.368 e. The van der Waals surface area contributed by atoms with Crippen LogP contribution in [0.2, 0.25) is 5.02 Å². The predicted molar refractivity (Wildman–Crippen MR) is 289 cm³/mol. The first-order chi connectivity index (χ1) is 33.6. The summed E-state index contributed by atoms with van der Waals surface area (Å²) in [5, 5.41) is 10.9. The third kappa shape index (κ3) is 18.4. The zero-order valence-corrected chi connectivity index (χ0v) is 44.3. The van der Waals surface area contributed by atoms with Gasteiger partial charge in [0.2, 0.25) is 17.8 Å². The van der Waals surface area contributed by atoms with Gasteiger partial charge in [-0.2, -0.15) is 15.0 Å². The molecule has 0 saturated heterocycles. The maximum Gasteiger partial charge on any atom is 0.222 e. The number of unbranched alkanes of at least 4 members (excludes halogenated alkanes) is 3. The van der Waals surface area contributed by atoms with E-state index in [-0.39, 0.29) is 51.8 Å². The number of fused-ring (bicyclic) bond motifs is 3. The molecule has 18 nitrogen and oxygen atoms in total. The van der Waals surface area contributed by atoms with E-state index in [1.807, 2.05) is 25.1 Å².